The summed E-state index contributed by atoms with van der Waals surface area (Å²) in [7, 11) is 0. The molecule has 0 aromatic rings. The van der Waals surface area contributed by atoms with Crippen LogP contribution in [0.15, 0.2) is 0 Å². The van der Waals surface area contributed by atoms with Crippen molar-refractivity contribution in [2.45, 2.75) is 79.1 Å². The summed E-state index contributed by atoms with van der Waals surface area (Å²) in [4.78, 5) is 20.7. The van der Waals surface area contributed by atoms with Crippen LogP contribution in [0, 0.1) is 11.8 Å². The van der Waals surface area contributed by atoms with E-state index in [1.165, 1.54) is 0 Å². The van der Waals surface area contributed by atoms with E-state index < -0.39 is 11.9 Å². The van der Waals surface area contributed by atoms with Crippen molar-refractivity contribution in [2.75, 3.05) is 0 Å². The number of rotatable bonds is 10. The Kier molecular flexibility index (Phi) is 22.0. The van der Waals surface area contributed by atoms with Gasteiger partial charge in [0.2, 0.25) is 0 Å². The van der Waals surface area contributed by atoms with Gasteiger partial charge >= 0.3 is 27.3 Å². The third-order valence-corrected chi connectivity index (χ3v) is 3.22. The largest absolute Gasteiger partial charge is 2.00 e. The van der Waals surface area contributed by atoms with Crippen molar-refractivity contribution < 1.29 is 47.1 Å². The van der Waals surface area contributed by atoms with Crippen LogP contribution in [-0.2, 0) is 36.9 Å². The smallest absolute Gasteiger partial charge is 0.550 e. The first-order chi connectivity index (χ1) is 9.44. The van der Waals surface area contributed by atoms with Crippen LogP contribution in [0.25, 0.3) is 0 Å². The van der Waals surface area contributed by atoms with Gasteiger partial charge in [0.1, 0.15) is 0 Å². The van der Waals surface area contributed by atoms with E-state index in [-0.39, 0.29) is 39.1 Å². The predicted octanol–water partition coefficient (Wildman–Crippen LogP) is 1.90. The molecular weight excluding hydrogens is 369 g/mol. The molecule has 0 saturated carbocycles. The number of aliphatic carboxylic acids is 2. The average Bonchev–Trinajstić information content (AvgIpc) is 2.38. The van der Waals surface area contributed by atoms with Gasteiger partial charge in [-0.15, -0.1) is 0 Å². The second-order valence-corrected chi connectivity index (χ2v) is 5.19. The van der Waals surface area contributed by atoms with Crippen LogP contribution in [0.3, 0.4) is 0 Å². The molecule has 5 heteroatoms. The van der Waals surface area contributed by atoms with E-state index in [1.54, 1.807) is 0 Å². The van der Waals surface area contributed by atoms with Crippen molar-refractivity contribution >= 4 is 11.9 Å². The fraction of sp³-hybridized carbons (Fsp3) is 0.875. The molecule has 0 radical (unpaired) electrons. The molecule has 0 fully saturated rings. The molecule has 4 nitrogen and oxygen atoms in total. The molecular formula is C16H30CdO4. The zero-order valence-electron chi connectivity index (χ0n) is 14.2. The maximum atomic E-state index is 10.4. The molecule has 0 aliphatic heterocycles. The van der Waals surface area contributed by atoms with Gasteiger partial charge in [0.05, 0.1) is 0 Å². The first kappa shape index (κ1) is 25.8. The van der Waals surface area contributed by atoms with Crippen LogP contribution >= 0.6 is 0 Å². The summed E-state index contributed by atoms with van der Waals surface area (Å²) in [6.45, 7) is 7.97. The standard InChI is InChI=1S/2C8H16O2.Cd/c2*1-3-5-7(6-4-2)8(9)10;/h2*7H,3-6H2,1-2H3,(H,9,10);/q;;+2/p-2. The molecule has 0 aliphatic rings. The third-order valence-electron chi connectivity index (χ3n) is 3.22. The molecule has 120 valence electrons. The average molecular weight is 399 g/mol. The summed E-state index contributed by atoms with van der Waals surface area (Å²) in [6.07, 6.45) is 6.76. The van der Waals surface area contributed by atoms with Crippen molar-refractivity contribution in [1.29, 1.82) is 0 Å². The normalized spacial score (nSPS) is 9.81. The molecule has 0 heterocycles. The first-order valence-corrected chi connectivity index (χ1v) is 7.86. The molecule has 0 amide bonds. The number of carbonyl (C=O) groups is 2. The van der Waals surface area contributed by atoms with E-state index in [0.717, 1.165) is 51.4 Å². The molecule has 0 aromatic carbocycles. The fourth-order valence-corrected chi connectivity index (χ4v) is 2.15. The number of carboxylic acids is 2. The van der Waals surface area contributed by atoms with E-state index >= 15 is 0 Å². The van der Waals surface area contributed by atoms with Crippen LogP contribution in [0.2, 0.25) is 0 Å². The van der Waals surface area contributed by atoms with Gasteiger partial charge in [-0.05, 0) is 37.5 Å². The minimum atomic E-state index is -0.885. The number of carboxylic acid groups (broad SMARTS) is 2. The Morgan fingerprint density at radius 3 is 0.952 bits per heavy atom. The topological polar surface area (TPSA) is 80.3 Å². The Morgan fingerprint density at radius 2 is 0.857 bits per heavy atom. The number of carbonyl (C=O) groups excluding carboxylic acids is 2. The summed E-state index contributed by atoms with van der Waals surface area (Å²) < 4.78 is 0. The summed E-state index contributed by atoms with van der Waals surface area (Å²) >= 11 is 0. The van der Waals surface area contributed by atoms with Gasteiger partial charge in [0.15, 0.2) is 0 Å². The van der Waals surface area contributed by atoms with Crippen LogP contribution in [-0.4, -0.2) is 11.9 Å². The maximum absolute atomic E-state index is 10.4. The van der Waals surface area contributed by atoms with Gasteiger partial charge in [-0.3, -0.25) is 0 Å². The second kappa shape index (κ2) is 17.9. The van der Waals surface area contributed by atoms with E-state index in [2.05, 4.69) is 0 Å². The van der Waals surface area contributed by atoms with Crippen molar-refractivity contribution in [3.63, 3.8) is 0 Å². The van der Waals surface area contributed by atoms with Crippen LogP contribution < -0.4 is 10.2 Å². The Morgan fingerprint density at radius 1 is 0.667 bits per heavy atom. The van der Waals surface area contributed by atoms with Gasteiger partial charge in [0, 0.05) is 11.9 Å². The molecule has 0 saturated heterocycles. The Balaban J connectivity index is -0.000000295. The van der Waals surface area contributed by atoms with Crippen LogP contribution in [0.4, 0.5) is 0 Å². The van der Waals surface area contributed by atoms with E-state index in [0.29, 0.717) is 0 Å². The summed E-state index contributed by atoms with van der Waals surface area (Å²) in [5.41, 5.74) is 0. The Labute approximate surface area is 149 Å². The molecule has 0 aromatic heterocycles. The van der Waals surface area contributed by atoms with Crippen molar-refractivity contribution in [2.24, 2.45) is 11.8 Å². The Hall–Kier alpha value is -0.138. The summed E-state index contributed by atoms with van der Waals surface area (Å²) in [6, 6.07) is 0. The first-order valence-electron chi connectivity index (χ1n) is 7.86. The number of hydrogen-bond donors (Lipinski definition) is 0. The molecule has 0 N–H and O–H groups in total. The molecule has 0 unspecified atom stereocenters. The summed E-state index contributed by atoms with van der Waals surface area (Å²) in [5, 5.41) is 20.7. The van der Waals surface area contributed by atoms with Gasteiger partial charge < -0.3 is 19.8 Å². The molecule has 0 bridgehead atoms. The van der Waals surface area contributed by atoms with E-state index in [4.69, 9.17) is 0 Å². The van der Waals surface area contributed by atoms with Crippen molar-refractivity contribution in [3.8, 4) is 0 Å². The van der Waals surface area contributed by atoms with Crippen LogP contribution in [0.1, 0.15) is 79.1 Å². The minimum Gasteiger partial charge on any atom is -0.550 e. The zero-order chi connectivity index (χ0) is 16.0. The monoisotopic (exact) mass is 400 g/mol. The maximum Gasteiger partial charge on any atom is 2.00 e. The molecule has 0 rings (SSSR count). The van der Waals surface area contributed by atoms with Gasteiger partial charge in [-0.1, -0.05) is 53.4 Å². The minimum absolute atomic E-state index is 0. The van der Waals surface area contributed by atoms with Crippen LogP contribution in [0.5, 0.6) is 0 Å². The van der Waals surface area contributed by atoms with E-state index in [9.17, 15) is 19.8 Å². The molecule has 21 heavy (non-hydrogen) atoms. The van der Waals surface area contributed by atoms with Crippen molar-refractivity contribution in [3.05, 3.63) is 0 Å². The summed E-state index contributed by atoms with van der Waals surface area (Å²) in [5.74, 6) is -2.20. The molecule has 0 atom stereocenters. The molecule has 0 aliphatic carbocycles. The van der Waals surface area contributed by atoms with E-state index in [1.807, 2.05) is 27.7 Å². The molecule has 0 spiro atoms. The number of hydrogen-bond acceptors (Lipinski definition) is 4. The Bertz CT molecular complexity index is 219. The quantitative estimate of drug-likeness (QED) is 0.526. The second-order valence-electron chi connectivity index (χ2n) is 5.19. The van der Waals surface area contributed by atoms with Crippen molar-refractivity contribution in [1.82, 2.24) is 0 Å². The zero-order valence-corrected chi connectivity index (χ0v) is 18.2. The van der Waals surface area contributed by atoms with Gasteiger partial charge in [0.25, 0.3) is 0 Å². The fourth-order valence-electron chi connectivity index (χ4n) is 2.15. The SMILES string of the molecule is CCCC(CCC)C(=O)[O-].CCCC(CCC)C(=O)[O-].[Cd+2]. The van der Waals surface area contributed by atoms with Gasteiger partial charge in [-0.25, -0.2) is 0 Å². The van der Waals surface area contributed by atoms with Gasteiger partial charge in [-0.2, -0.15) is 0 Å². The third kappa shape index (κ3) is 16.1. The predicted molar refractivity (Wildman–Crippen MR) is 76.6 cm³/mol.